The highest BCUT2D eigenvalue weighted by Gasteiger charge is 2.47. The molecule has 0 aromatic rings. The second-order valence-electron chi connectivity index (χ2n) is 5.58. The molecule has 2 unspecified atom stereocenters. The first kappa shape index (κ1) is 13.9. The Morgan fingerprint density at radius 1 is 1.44 bits per heavy atom. The smallest absolute Gasteiger partial charge is 0.277 e. The van der Waals surface area contributed by atoms with Crippen LogP contribution in [0.3, 0.4) is 0 Å². The lowest BCUT2D eigenvalue weighted by atomic mass is 9.64. The molecule has 0 aliphatic heterocycles. The molecule has 1 aliphatic carbocycles. The summed E-state index contributed by atoms with van der Waals surface area (Å²) in [6, 6.07) is 0.0115. The molecule has 0 bridgehead atoms. The number of nitrogens with one attached hydrogen (secondary N) is 2. The van der Waals surface area contributed by atoms with Crippen LogP contribution >= 0.6 is 0 Å². The molecule has 96 valence electrons. The maximum Gasteiger partial charge on any atom is 0.277 e. The van der Waals surface area contributed by atoms with Gasteiger partial charge in [0.15, 0.2) is 0 Å². The van der Waals surface area contributed by atoms with Crippen LogP contribution in [0.15, 0.2) is 0 Å². The molecule has 1 aliphatic rings. The number of rotatable bonds is 5. The van der Waals surface area contributed by atoms with Crippen molar-refractivity contribution < 1.29 is 8.42 Å². The molecule has 0 saturated heterocycles. The van der Waals surface area contributed by atoms with Crippen molar-refractivity contribution >= 4 is 10.2 Å². The maximum atomic E-state index is 11.7. The molecule has 1 saturated carbocycles. The van der Waals surface area contributed by atoms with Crippen molar-refractivity contribution in [3.05, 3.63) is 0 Å². The van der Waals surface area contributed by atoms with Crippen LogP contribution in [0.1, 0.15) is 34.1 Å². The zero-order chi connectivity index (χ0) is 12.6. The van der Waals surface area contributed by atoms with Gasteiger partial charge in [-0.1, -0.05) is 27.7 Å². The van der Waals surface area contributed by atoms with Gasteiger partial charge in [0.05, 0.1) is 0 Å². The Morgan fingerprint density at radius 2 is 2.00 bits per heavy atom. The van der Waals surface area contributed by atoms with Crippen molar-refractivity contribution in [1.82, 2.24) is 9.44 Å². The SMILES string of the molecule is CC(C)CNS(=O)(=O)NC1CC(N)C1(C)C. The van der Waals surface area contributed by atoms with Crippen LogP contribution in [-0.4, -0.2) is 27.0 Å². The Balaban J connectivity index is 2.49. The molecule has 0 amide bonds. The maximum absolute atomic E-state index is 11.7. The van der Waals surface area contributed by atoms with E-state index < -0.39 is 10.2 Å². The first-order valence-electron chi connectivity index (χ1n) is 5.67. The standard InChI is InChI=1S/C10H23N3O2S/c1-7(2)6-12-16(14,15)13-9-5-8(11)10(9,3)4/h7-9,12-13H,5-6,11H2,1-4H3. The molecule has 4 N–H and O–H groups in total. The van der Waals surface area contributed by atoms with Crippen LogP contribution < -0.4 is 15.2 Å². The molecule has 1 rings (SSSR count). The quantitative estimate of drug-likeness (QED) is 0.650. The molecule has 16 heavy (non-hydrogen) atoms. The molecule has 0 aromatic heterocycles. The predicted octanol–water partition coefficient (Wildman–Crippen LogP) is 0.192. The van der Waals surface area contributed by atoms with E-state index in [1.54, 1.807) is 0 Å². The zero-order valence-corrected chi connectivity index (χ0v) is 11.3. The highest BCUT2D eigenvalue weighted by atomic mass is 32.2. The third-order valence-corrected chi connectivity index (χ3v) is 4.46. The Kier molecular flexibility index (Phi) is 3.99. The summed E-state index contributed by atoms with van der Waals surface area (Å²) in [6.07, 6.45) is 0.704. The molecule has 1 fully saturated rings. The fourth-order valence-corrected chi connectivity index (χ4v) is 3.08. The van der Waals surface area contributed by atoms with Gasteiger partial charge in [0.2, 0.25) is 0 Å². The van der Waals surface area contributed by atoms with E-state index in [-0.39, 0.29) is 17.5 Å². The minimum Gasteiger partial charge on any atom is -0.327 e. The molecule has 2 atom stereocenters. The molecular weight excluding hydrogens is 226 g/mol. The van der Waals surface area contributed by atoms with Gasteiger partial charge in [-0.15, -0.1) is 0 Å². The van der Waals surface area contributed by atoms with Gasteiger partial charge in [0.25, 0.3) is 10.2 Å². The van der Waals surface area contributed by atoms with E-state index in [4.69, 9.17) is 5.73 Å². The normalized spacial score (nSPS) is 29.1. The Hall–Kier alpha value is -0.170. The van der Waals surface area contributed by atoms with Crippen LogP contribution in [0.2, 0.25) is 0 Å². The number of nitrogens with two attached hydrogens (primary N) is 1. The Bertz CT molecular complexity index is 338. The summed E-state index contributed by atoms with van der Waals surface area (Å²) < 4.78 is 28.5. The van der Waals surface area contributed by atoms with Crippen molar-refractivity contribution in [2.24, 2.45) is 17.1 Å². The fraction of sp³-hybridized carbons (Fsp3) is 1.00. The molecule has 5 nitrogen and oxygen atoms in total. The number of hydrogen-bond acceptors (Lipinski definition) is 3. The van der Waals surface area contributed by atoms with Crippen LogP contribution in [0, 0.1) is 11.3 Å². The summed E-state index contributed by atoms with van der Waals surface area (Å²) in [4.78, 5) is 0. The van der Waals surface area contributed by atoms with Crippen molar-refractivity contribution in [3.8, 4) is 0 Å². The lowest BCUT2D eigenvalue weighted by Crippen LogP contribution is -2.65. The van der Waals surface area contributed by atoms with Crippen LogP contribution in [0.5, 0.6) is 0 Å². The summed E-state index contributed by atoms with van der Waals surface area (Å²) in [6.45, 7) is 8.35. The highest BCUT2D eigenvalue weighted by Crippen LogP contribution is 2.39. The topological polar surface area (TPSA) is 84.2 Å². The Morgan fingerprint density at radius 3 is 2.38 bits per heavy atom. The lowest BCUT2D eigenvalue weighted by molar-refractivity contribution is 0.0900. The van der Waals surface area contributed by atoms with Gasteiger partial charge >= 0.3 is 0 Å². The second kappa shape index (κ2) is 4.60. The third kappa shape index (κ3) is 3.16. The highest BCUT2D eigenvalue weighted by molar-refractivity contribution is 7.87. The molecule has 6 heteroatoms. The van der Waals surface area contributed by atoms with E-state index in [0.29, 0.717) is 18.9 Å². The lowest BCUT2D eigenvalue weighted by Gasteiger charge is -2.50. The minimum absolute atomic E-state index is 0.0628. The second-order valence-corrected chi connectivity index (χ2v) is 7.11. The van der Waals surface area contributed by atoms with Gasteiger partial charge in [-0.2, -0.15) is 13.1 Å². The van der Waals surface area contributed by atoms with Crippen molar-refractivity contribution in [3.63, 3.8) is 0 Å². The molecular formula is C10H23N3O2S. The molecule has 0 aromatic carbocycles. The summed E-state index contributed by atoms with van der Waals surface area (Å²) in [5.74, 6) is 0.299. The summed E-state index contributed by atoms with van der Waals surface area (Å²) in [5.41, 5.74) is 5.67. The monoisotopic (exact) mass is 249 g/mol. The average Bonchev–Trinajstić information content (AvgIpc) is 2.14. The average molecular weight is 249 g/mol. The van der Waals surface area contributed by atoms with Crippen LogP contribution in [0.25, 0.3) is 0 Å². The summed E-state index contributed by atoms with van der Waals surface area (Å²) in [7, 11) is -3.39. The third-order valence-electron chi connectivity index (χ3n) is 3.32. The first-order chi connectivity index (χ1) is 7.15. The van der Waals surface area contributed by atoms with Gasteiger partial charge in [-0.25, -0.2) is 4.72 Å². The Labute approximate surface area is 98.4 Å². The van der Waals surface area contributed by atoms with E-state index in [9.17, 15) is 8.42 Å². The van der Waals surface area contributed by atoms with E-state index in [0.717, 1.165) is 0 Å². The van der Waals surface area contributed by atoms with E-state index in [1.165, 1.54) is 0 Å². The first-order valence-corrected chi connectivity index (χ1v) is 7.16. The van der Waals surface area contributed by atoms with Gasteiger partial charge in [0, 0.05) is 18.6 Å². The number of hydrogen-bond donors (Lipinski definition) is 3. The van der Waals surface area contributed by atoms with E-state index >= 15 is 0 Å². The predicted molar refractivity (Wildman–Crippen MR) is 65.1 cm³/mol. The van der Waals surface area contributed by atoms with E-state index in [2.05, 4.69) is 9.44 Å². The van der Waals surface area contributed by atoms with Gasteiger partial charge in [-0.05, 0) is 17.8 Å². The van der Waals surface area contributed by atoms with Gasteiger partial charge in [0.1, 0.15) is 0 Å². The minimum atomic E-state index is -3.39. The summed E-state index contributed by atoms with van der Waals surface area (Å²) in [5, 5.41) is 0. The van der Waals surface area contributed by atoms with Crippen molar-refractivity contribution in [2.45, 2.75) is 46.2 Å². The van der Waals surface area contributed by atoms with Crippen molar-refractivity contribution in [2.75, 3.05) is 6.54 Å². The fourth-order valence-electron chi connectivity index (χ4n) is 1.66. The summed E-state index contributed by atoms with van der Waals surface area (Å²) >= 11 is 0. The van der Waals surface area contributed by atoms with E-state index in [1.807, 2.05) is 27.7 Å². The van der Waals surface area contributed by atoms with Crippen molar-refractivity contribution in [1.29, 1.82) is 0 Å². The van der Waals surface area contributed by atoms with Gasteiger partial charge in [-0.3, -0.25) is 0 Å². The zero-order valence-electron chi connectivity index (χ0n) is 10.4. The molecule has 0 spiro atoms. The van der Waals surface area contributed by atoms with Crippen LogP contribution in [0.4, 0.5) is 0 Å². The molecule has 0 heterocycles. The van der Waals surface area contributed by atoms with Gasteiger partial charge < -0.3 is 5.73 Å². The largest absolute Gasteiger partial charge is 0.327 e. The molecule has 0 radical (unpaired) electrons. The van der Waals surface area contributed by atoms with Crippen LogP contribution in [-0.2, 0) is 10.2 Å².